The third-order valence-electron chi connectivity index (χ3n) is 2.68. The number of rotatable bonds is 4. The van der Waals surface area contributed by atoms with Crippen LogP contribution in [0.2, 0.25) is 5.02 Å². The summed E-state index contributed by atoms with van der Waals surface area (Å²) in [6.07, 6.45) is 1.68. The second kappa shape index (κ2) is 6.77. The lowest BCUT2D eigenvalue weighted by molar-refractivity contribution is -0.115. The van der Waals surface area contributed by atoms with Gasteiger partial charge in [0.15, 0.2) is 0 Å². The summed E-state index contributed by atoms with van der Waals surface area (Å²) in [6.45, 7) is 3.80. The number of carbonyl (C=O) groups is 1. The predicted molar refractivity (Wildman–Crippen MR) is 84.4 cm³/mol. The lowest BCUT2D eigenvalue weighted by Gasteiger charge is -2.12. The van der Waals surface area contributed by atoms with Gasteiger partial charge in [0.25, 0.3) is 0 Å². The molecule has 0 aliphatic rings. The number of halogens is 1. The van der Waals surface area contributed by atoms with Crippen molar-refractivity contribution in [1.29, 1.82) is 0 Å². The van der Waals surface area contributed by atoms with E-state index in [1.165, 1.54) is 11.8 Å². The van der Waals surface area contributed by atoms with E-state index in [1.54, 1.807) is 6.20 Å². The van der Waals surface area contributed by atoms with Crippen LogP contribution in [0.3, 0.4) is 0 Å². The van der Waals surface area contributed by atoms with Gasteiger partial charge in [-0.1, -0.05) is 23.7 Å². The Balaban J connectivity index is 2.01. The van der Waals surface area contributed by atoms with Crippen molar-refractivity contribution in [3.05, 3.63) is 53.2 Å². The number of thioether (sulfide) groups is 1. The number of hydrogen-bond acceptors (Lipinski definition) is 3. The minimum absolute atomic E-state index is 0.0898. The number of aryl methyl sites for hydroxylation is 1. The molecule has 0 bridgehead atoms. The summed E-state index contributed by atoms with van der Waals surface area (Å²) in [5.41, 5.74) is 1.06. The molecule has 3 nitrogen and oxygen atoms in total. The number of carbonyl (C=O) groups excluding carboxylic acids is 1. The highest BCUT2D eigenvalue weighted by Crippen LogP contribution is 2.30. The zero-order chi connectivity index (χ0) is 14.5. The third kappa shape index (κ3) is 3.99. The monoisotopic (exact) mass is 306 g/mol. The fourth-order valence-corrected chi connectivity index (χ4v) is 2.77. The first-order valence-electron chi connectivity index (χ1n) is 6.21. The molecule has 0 radical (unpaired) electrons. The molecule has 0 aliphatic heterocycles. The lowest BCUT2D eigenvalue weighted by atomic mass is 10.3. The molecular weight excluding hydrogens is 292 g/mol. The van der Waals surface area contributed by atoms with Crippen LogP contribution in [-0.4, -0.2) is 16.1 Å². The van der Waals surface area contributed by atoms with Gasteiger partial charge in [0.2, 0.25) is 5.91 Å². The number of amides is 1. The van der Waals surface area contributed by atoms with Gasteiger partial charge in [-0.25, -0.2) is 4.98 Å². The minimum Gasteiger partial charge on any atom is -0.310 e. The zero-order valence-electron chi connectivity index (χ0n) is 11.3. The highest BCUT2D eigenvalue weighted by molar-refractivity contribution is 8.00. The van der Waals surface area contributed by atoms with Crippen LogP contribution in [0.15, 0.2) is 47.5 Å². The van der Waals surface area contributed by atoms with Gasteiger partial charge in [-0.15, -0.1) is 11.8 Å². The highest BCUT2D eigenvalue weighted by atomic mass is 35.5. The van der Waals surface area contributed by atoms with Gasteiger partial charge in [0.1, 0.15) is 5.82 Å². The Morgan fingerprint density at radius 1 is 1.35 bits per heavy atom. The summed E-state index contributed by atoms with van der Waals surface area (Å²) in [5, 5.41) is 3.21. The van der Waals surface area contributed by atoms with Gasteiger partial charge in [0.05, 0.1) is 10.3 Å². The van der Waals surface area contributed by atoms with Crippen molar-refractivity contribution in [2.75, 3.05) is 5.32 Å². The lowest BCUT2D eigenvalue weighted by Crippen LogP contribution is -2.22. The number of hydrogen-bond donors (Lipinski definition) is 1. The Kier molecular flexibility index (Phi) is 5.04. The molecule has 5 heteroatoms. The summed E-state index contributed by atoms with van der Waals surface area (Å²) in [4.78, 5) is 17.1. The number of nitrogens with one attached hydrogen (secondary N) is 1. The maximum Gasteiger partial charge on any atom is 0.238 e. The number of anilines is 1. The van der Waals surface area contributed by atoms with E-state index < -0.39 is 0 Å². The summed E-state index contributed by atoms with van der Waals surface area (Å²) in [6, 6.07) is 11.2. The van der Waals surface area contributed by atoms with E-state index in [2.05, 4.69) is 10.3 Å². The molecule has 0 fully saturated rings. The van der Waals surface area contributed by atoms with Crippen molar-refractivity contribution in [1.82, 2.24) is 4.98 Å². The topological polar surface area (TPSA) is 42.0 Å². The molecule has 1 unspecified atom stereocenters. The molecule has 1 heterocycles. The van der Waals surface area contributed by atoms with E-state index in [1.807, 2.05) is 50.2 Å². The first-order valence-corrected chi connectivity index (χ1v) is 7.47. The Labute approximate surface area is 127 Å². The molecular formula is C15H15ClN2OS. The molecule has 0 spiro atoms. The number of aromatic nitrogens is 1. The standard InChI is InChI=1S/C15H15ClN2OS/c1-10-7-8-17-14(9-10)18-15(19)11(2)20-13-6-4-3-5-12(13)16/h3-9,11H,1-2H3,(H,17,18,19). The maximum absolute atomic E-state index is 12.1. The molecule has 2 rings (SSSR count). The summed E-state index contributed by atoms with van der Waals surface area (Å²) >= 11 is 7.52. The van der Waals surface area contributed by atoms with Crippen molar-refractivity contribution in [2.24, 2.45) is 0 Å². The van der Waals surface area contributed by atoms with E-state index in [0.717, 1.165) is 10.5 Å². The van der Waals surface area contributed by atoms with Crippen molar-refractivity contribution in [3.63, 3.8) is 0 Å². The summed E-state index contributed by atoms with van der Waals surface area (Å²) in [7, 11) is 0. The van der Waals surface area contributed by atoms with Gasteiger partial charge in [-0.05, 0) is 43.7 Å². The highest BCUT2D eigenvalue weighted by Gasteiger charge is 2.16. The fourth-order valence-electron chi connectivity index (χ4n) is 1.62. The van der Waals surface area contributed by atoms with Crippen LogP contribution in [0.4, 0.5) is 5.82 Å². The van der Waals surface area contributed by atoms with Crippen molar-refractivity contribution in [3.8, 4) is 0 Å². The Morgan fingerprint density at radius 3 is 2.80 bits per heavy atom. The maximum atomic E-state index is 12.1. The molecule has 20 heavy (non-hydrogen) atoms. The molecule has 0 saturated carbocycles. The number of benzene rings is 1. The van der Waals surface area contributed by atoms with E-state index >= 15 is 0 Å². The molecule has 2 aromatic rings. The van der Waals surface area contributed by atoms with E-state index in [-0.39, 0.29) is 11.2 Å². The quantitative estimate of drug-likeness (QED) is 0.862. The molecule has 104 valence electrons. The zero-order valence-corrected chi connectivity index (χ0v) is 12.8. The number of nitrogens with zero attached hydrogens (tertiary/aromatic N) is 1. The van der Waals surface area contributed by atoms with Crippen LogP contribution in [-0.2, 0) is 4.79 Å². The molecule has 0 saturated heterocycles. The second-order valence-electron chi connectivity index (χ2n) is 4.40. The van der Waals surface area contributed by atoms with E-state index in [4.69, 9.17) is 11.6 Å². The molecule has 1 N–H and O–H groups in total. The Morgan fingerprint density at radius 2 is 2.10 bits per heavy atom. The van der Waals surface area contributed by atoms with Crippen LogP contribution in [0.1, 0.15) is 12.5 Å². The molecule has 1 atom stereocenters. The van der Waals surface area contributed by atoms with Gasteiger partial charge >= 0.3 is 0 Å². The second-order valence-corrected chi connectivity index (χ2v) is 6.19. The Bertz CT molecular complexity index is 618. The van der Waals surface area contributed by atoms with Crippen LogP contribution < -0.4 is 5.32 Å². The fraction of sp³-hybridized carbons (Fsp3) is 0.200. The van der Waals surface area contributed by atoms with Crippen molar-refractivity contribution in [2.45, 2.75) is 24.0 Å². The van der Waals surface area contributed by atoms with E-state index in [9.17, 15) is 4.79 Å². The minimum atomic E-state index is -0.253. The summed E-state index contributed by atoms with van der Waals surface area (Å²) < 4.78 is 0. The molecule has 1 aromatic heterocycles. The van der Waals surface area contributed by atoms with Crippen molar-refractivity contribution < 1.29 is 4.79 Å². The third-order valence-corrected chi connectivity index (χ3v) is 4.30. The molecule has 1 aromatic carbocycles. The first-order chi connectivity index (χ1) is 9.56. The largest absolute Gasteiger partial charge is 0.310 e. The first kappa shape index (κ1) is 14.9. The van der Waals surface area contributed by atoms with Gasteiger partial charge in [0, 0.05) is 11.1 Å². The smallest absolute Gasteiger partial charge is 0.238 e. The molecule has 0 aliphatic carbocycles. The SMILES string of the molecule is Cc1ccnc(NC(=O)C(C)Sc2ccccc2Cl)c1. The Hall–Kier alpha value is -1.52. The average molecular weight is 307 g/mol. The van der Waals surface area contributed by atoms with E-state index in [0.29, 0.717) is 10.8 Å². The number of pyridine rings is 1. The summed E-state index contributed by atoms with van der Waals surface area (Å²) in [5.74, 6) is 0.481. The van der Waals surface area contributed by atoms with Crippen LogP contribution in [0.25, 0.3) is 0 Å². The van der Waals surface area contributed by atoms with Gasteiger partial charge < -0.3 is 5.32 Å². The molecule has 1 amide bonds. The van der Waals surface area contributed by atoms with Crippen LogP contribution in [0.5, 0.6) is 0 Å². The van der Waals surface area contributed by atoms with Crippen LogP contribution >= 0.6 is 23.4 Å². The van der Waals surface area contributed by atoms with Crippen LogP contribution in [0, 0.1) is 6.92 Å². The van der Waals surface area contributed by atoms with Gasteiger partial charge in [-0.3, -0.25) is 4.79 Å². The predicted octanol–water partition coefficient (Wildman–Crippen LogP) is 4.16. The normalized spacial score (nSPS) is 11.9. The average Bonchev–Trinajstić information content (AvgIpc) is 2.41. The van der Waals surface area contributed by atoms with Gasteiger partial charge in [-0.2, -0.15) is 0 Å². The van der Waals surface area contributed by atoms with Crippen molar-refractivity contribution >= 4 is 35.1 Å².